The number of carboxylic acids is 1. The first-order valence-electron chi connectivity index (χ1n) is 6.71. The Bertz CT molecular complexity index is 462. The Balaban J connectivity index is 2.80. The molecule has 0 spiro atoms. The van der Waals surface area contributed by atoms with Crippen molar-refractivity contribution in [3.63, 3.8) is 0 Å². The molecule has 0 aromatic carbocycles. The summed E-state index contributed by atoms with van der Waals surface area (Å²) in [5.74, 6) is -1.30. The average Bonchev–Trinajstić information content (AvgIpc) is 2.43. The van der Waals surface area contributed by atoms with E-state index in [9.17, 15) is 9.59 Å². The third kappa shape index (κ3) is 4.53. The van der Waals surface area contributed by atoms with Crippen LogP contribution < -0.4 is 10.1 Å². The summed E-state index contributed by atoms with van der Waals surface area (Å²) < 4.78 is 5.26. The van der Waals surface area contributed by atoms with Crippen LogP contribution in [-0.2, 0) is 4.79 Å². The monoisotopic (exact) mass is 280 g/mol. The number of nitrogens with zero attached hydrogens (tertiary/aromatic N) is 1. The van der Waals surface area contributed by atoms with Crippen molar-refractivity contribution >= 4 is 11.9 Å². The number of pyridine rings is 1. The Hall–Kier alpha value is -2.11. The molecular formula is C14H20N2O4. The van der Waals surface area contributed by atoms with Crippen LogP contribution in [0.2, 0.25) is 0 Å². The van der Waals surface area contributed by atoms with Gasteiger partial charge in [-0.3, -0.25) is 4.79 Å². The molecule has 1 amide bonds. The lowest BCUT2D eigenvalue weighted by molar-refractivity contribution is -0.139. The lowest BCUT2D eigenvalue weighted by atomic mass is 10.1. The van der Waals surface area contributed by atoms with Gasteiger partial charge in [-0.25, -0.2) is 9.78 Å². The first kappa shape index (κ1) is 15.9. The van der Waals surface area contributed by atoms with E-state index in [0.717, 1.165) is 12.8 Å². The minimum Gasteiger partial charge on any atom is -0.480 e. The maximum absolute atomic E-state index is 12.1. The summed E-state index contributed by atoms with van der Waals surface area (Å²) in [5.41, 5.74) is 0.247. The van der Waals surface area contributed by atoms with Crippen molar-refractivity contribution in [2.45, 2.75) is 39.2 Å². The van der Waals surface area contributed by atoms with Gasteiger partial charge in [-0.1, -0.05) is 19.8 Å². The molecule has 0 fully saturated rings. The maximum atomic E-state index is 12.1. The van der Waals surface area contributed by atoms with Crippen molar-refractivity contribution in [1.82, 2.24) is 10.3 Å². The lowest BCUT2D eigenvalue weighted by Crippen LogP contribution is -2.40. The van der Waals surface area contributed by atoms with E-state index in [1.54, 1.807) is 19.1 Å². The normalized spacial score (nSPS) is 11.7. The molecule has 0 saturated carbocycles. The SMILES string of the molecule is CCCCC(NC(=O)c1cccnc1OCC)C(=O)O. The van der Waals surface area contributed by atoms with Gasteiger partial charge in [0.25, 0.3) is 5.91 Å². The summed E-state index contributed by atoms with van der Waals surface area (Å²) in [7, 11) is 0. The highest BCUT2D eigenvalue weighted by atomic mass is 16.5. The van der Waals surface area contributed by atoms with Gasteiger partial charge in [0.2, 0.25) is 5.88 Å². The molecule has 6 nitrogen and oxygen atoms in total. The number of ether oxygens (including phenoxy) is 1. The zero-order valence-electron chi connectivity index (χ0n) is 11.8. The summed E-state index contributed by atoms with van der Waals surface area (Å²) in [6.45, 7) is 4.14. The molecule has 0 aliphatic carbocycles. The first-order chi connectivity index (χ1) is 9.60. The molecule has 0 aliphatic heterocycles. The van der Waals surface area contributed by atoms with E-state index < -0.39 is 17.9 Å². The van der Waals surface area contributed by atoms with Crippen LogP contribution in [0.5, 0.6) is 5.88 Å². The van der Waals surface area contributed by atoms with Crippen LogP contribution in [0, 0.1) is 0 Å². The van der Waals surface area contributed by atoms with Crippen LogP contribution in [0.3, 0.4) is 0 Å². The van der Waals surface area contributed by atoms with E-state index in [0.29, 0.717) is 13.0 Å². The van der Waals surface area contributed by atoms with Crippen LogP contribution in [0.25, 0.3) is 0 Å². The highest BCUT2D eigenvalue weighted by Crippen LogP contribution is 2.14. The number of aliphatic carboxylic acids is 1. The van der Waals surface area contributed by atoms with Crippen LogP contribution in [0.1, 0.15) is 43.5 Å². The molecule has 1 atom stereocenters. The Morgan fingerprint density at radius 3 is 2.80 bits per heavy atom. The fourth-order valence-electron chi connectivity index (χ4n) is 1.72. The quantitative estimate of drug-likeness (QED) is 0.758. The molecule has 1 rings (SSSR count). The Morgan fingerprint density at radius 2 is 2.20 bits per heavy atom. The first-order valence-corrected chi connectivity index (χ1v) is 6.71. The number of carbonyl (C=O) groups excluding carboxylic acids is 1. The number of carbonyl (C=O) groups is 2. The highest BCUT2D eigenvalue weighted by Gasteiger charge is 2.22. The number of nitrogens with one attached hydrogen (secondary N) is 1. The molecule has 6 heteroatoms. The standard InChI is InChI=1S/C14H20N2O4/c1-3-5-8-11(14(18)19)16-12(17)10-7-6-9-15-13(10)20-4-2/h6-7,9,11H,3-5,8H2,1-2H3,(H,16,17)(H,18,19). The Morgan fingerprint density at radius 1 is 1.45 bits per heavy atom. The predicted octanol–water partition coefficient (Wildman–Crippen LogP) is 1.85. The van der Waals surface area contributed by atoms with Gasteiger partial charge in [0, 0.05) is 6.20 Å². The number of carboxylic acid groups (broad SMARTS) is 1. The van der Waals surface area contributed by atoms with Gasteiger partial charge in [0.15, 0.2) is 0 Å². The van der Waals surface area contributed by atoms with E-state index in [1.807, 2.05) is 6.92 Å². The van der Waals surface area contributed by atoms with E-state index in [-0.39, 0.29) is 11.4 Å². The zero-order chi connectivity index (χ0) is 15.0. The van der Waals surface area contributed by atoms with E-state index in [2.05, 4.69) is 10.3 Å². The molecule has 110 valence electrons. The third-order valence-electron chi connectivity index (χ3n) is 2.75. The molecular weight excluding hydrogens is 260 g/mol. The molecule has 1 unspecified atom stereocenters. The van der Waals surface area contributed by atoms with Crippen molar-refractivity contribution in [3.05, 3.63) is 23.9 Å². The van der Waals surface area contributed by atoms with Gasteiger partial charge in [-0.2, -0.15) is 0 Å². The van der Waals surface area contributed by atoms with Crippen molar-refractivity contribution in [3.8, 4) is 5.88 Å². The molecule has 1 aromatic rings. The second-order valence-corrected chi connectivity index (χ2v) is 4.30. The van der Waals surface area contributed by atoms with Gasteiger partial charge in [0.1, 0.15) is 11.6 Å². The number of aromatic nitrogens is 1. The van der Waals surface area contributed by atoms with Crippen molar-refractivity contribution < 1.29 is 19.4 Å². The smallest absolute Gasteiger partial charge is 0.326 e. The van der Waals surface area contributed by atoms with E-state index >= 15 is 0 Å². The second kappa shape index (κ2) is 8.14. The topological polar surface area (TPSA) is 88.5 Å². The largest absolute Gasteiger partial charge is 0.480 e. The fraction of sp³-hybridized carbons (Fsp3) is 0.500. The molecule has 2 N–H and O–H groups in total. The number of hydrogen-bond acceptors (Lipinski definition) is 4. The summed E-state index contributed by atoms with van der Waals surface area (Å²) in [5, 5.41) is 11.6. The minimum absolute atomic E-state index is 0.215. The number of amides is 1. The van der Waals surface area contributed by atoms with Crippen molar-refractivity contribution in [1.29, 1.82) is 0 Å². The lowest BCUT2D eigenvalue weighted by Gasteiger charge is -2.15. The third-order valence-corrected chi connectivity index (χ3v) is 2.75. The van der Waals surface area contributed by atoms with Crippen molar-refractivity contribution in [2.75, 3.05) is 6.61 Å². The molecule has 1 aromatic heterocycles. The van der Waals surface area contributed by atoms with Crippen LogP contribution in [0.4, 0.5) is 0 Å². The van der Waals surface area contributed by atoms with Crippen LogP contribution in [-0.4, -0.2) is 34.6 Å². The molecule has 0 radical (unpaired) electrons. The number of unbranched alkanes of at least 4 members (excludes halogenated alkanes) is 1. The van der Waals surface area contributed by atoms with Gasteiger partial charge in [-0.15, -0.1) is 0 Å². The highest BCUT2D eigenvalue weighted by molar-refractivity contribution is 5.98. The summed E-state index contributed by atoms with van der Waals surface area (Å²) in [6.07, 6.45) is 3.54. The van der Waals surface area contributed by atoms with Gasteiger partial charge >= 0.3 is 5.97 Å². The molecule has 1 heterocycles. The zero-order valence-corrected chi connectivity index (χ0v) is 11.8. The van der Waals surface area contributed by atoms with E-state index in [4.69, 9.17) is 9.84 Å². The fourth-order valence-corrected chi connectivity index (χ4v) is 1.72. The predicted molar refractivity (Wildman–Crippen MR) is 73.8 cm³/mol. The molecule has 0 saturated heterocycles. The summed E-state index contributed by atoms with van der Waals surface area (Å²) in [6, 6.07) is 2.28. The Labute approximate surface area is 118 Å². The Kier molecular flexibility index (Phi) is 6.49. The number of hydrogen-bond donors (Lipinski definition) is 2. The molecule has 0 aliphatic rings. The van der Waals surface area contributed by atoms with E-state index in [1.165, 1.54) is 6.20 Å². The number of rotatable bonds is 8. The van der Waals surface area contributed by atoms with Gasteiger partial charge in [-0.05, 0) is 25.5 Å². The summed E-state index contributed by atoms with van der Waals surface area (Å²) in [4.78, 5) is 27.2. The van der Waals surface area contributed by atoms with Crippen molar-refractivity contribution in [2.24, 2.45) is 0 Å². The molecule has 0 bridgehead atoms. The molecule has 20 heavy (non-hydrogen) atoms. The van der Waals surface area contributed by atoms with Gasteiger partial charge in [0.05, 0.1) is 6.61 Å². The van der Waals surface area contributed by atoms with Crippen LogP contribution in [0.15, 0.2) is 18.3 Å². The average molecular weight is 280 g/mol. The van der Waals surface area contributed by atoms with Crippen LogP contribution >= 0.6 is 0 Å². The second-order valence-electron chi connectivity index (χ2n) is 4.30. The summed E-state index contributed by atoms with van der Waals surface area (Å²) >= 11 is 0. The van der Waals surface area contributed by atoms with Gasteiger partial charge < -0.3 is 15.2 Å². The maximum Gasteiger partial charge on any atom is 0.326 e. The minimum atomic E-state index is -1.03.